The van der Waals surface area contributed by atoms with Crippen molar-refractivity contribution >= 4 is 6.09 Å². The van der Waals surface area contributed by atoms with Crippen LogP contribution in [0.2, 0.25) is 0 Å². The Morgan fingerprint density at radius 2 is 2.18 bits per heavy atom. The van der Waals surface area contributed by atoms with Crippen LogP contribution in [0.25, 0.3) is 0 Å². The molecule has 1 aromatic rings. The number of aromatic amines is 2. The minimum Gasteiger partial charge on any atom is -0.453 e. The Labute approximate surface area is 98.9 Å². The zero-order valence-electron chi connectivity index (χ0n) is 10.2. The van der Waals surface area contributed by atoms with Crippen LogP contribution in [-0.4, -0.2) is 34.8 Å². The predicted molar refractivity (Wildman–Crippen MR) is 61.8 cm³/mol. The molecule has 1 atom stereocenters. The van der Waals surface area contributed by atoms with E-state index in [2.05, 4.69) is 10.2 Å². The average Bonchev–Trinajstić information content (AvgIpc) is 2.68. The van der Waals surface area contributed by atoms with Gasteiger partial charge in [-0.2, -0.15) is 0 Å². The Morgan fingerprint density at radius 1 is 1.47 bits per heavy atom. The number of nitrogens with zero attached hydrogens (tertiary/aromatic N) is 1. The van der Waals surface area contributed by atoms with Crippen molar-refractivity contribution in [1.29, 1.82) is 0 Å². The molecule has 0 spiro atoms. The van der Waals surface area contributed by atoms with Gasteiger partial charge in [0.05, 0.1) is 18.8 Å². The molecule has 1 aromatic heterocycles. The van der Waals surface area contributed by atoms with Gasteiger partial charge in [-0.1, -0.05) is 13.8 Å². The molecule has 17 heavy (non-hydrogen) atoms. The summed E-state index contributed by atoms with van der Waals surface area (Å²) in [5.74, 6) is 0.208. The van der Waals surface area contributed by atoms with Gasteiger partial charge in [-0.15, -0.1) is 0 Å². The van der Waals surface area contributed by atoms with Gasteiger partial charge >= 0.3 is 6.09 Å². The lowest BCUT2D eigenvalue weighted by atomic mass is 9.92. The molecule has 2 rings (SSSR count). The van der Waals surface area contributed by atoms with E-state index in [9.17, 15) is 9.59 Å². The largest absolute Gasteiger partial charge is 0.453 e. The first-order chi connectivity index (χ1) is 8.06. The molecular formula is C11H17N3O3. The first-order valence-electron chi connectivity index (χ1n) is 5.70. The number of aromatic nitrogens is 2. The first kappa shape index (κ1) is 11.8. The summed E-state index contributed by atoms with van der Waals surface area (Å²) in [6.07, 6.45) is 0.211. The molecule has 6 heteroatoms. The molecule has 94 valence electrons. The Bertz CT molecular complexity index is 475. The average molecular weight is 239 g/mol. The number of nitrogens with one attached hydrogen (secondary N) is 2. The van der Waals surface area contributed by atoms with E-state index in [0.717, 1.165) is 11.3 Å². The zero-order valence-corrected chi connectivity index (χ0v) is 10.2. The number of ether oxygens (including phenoxy) is 1. The van der Waals surface area contributed by atoms with Crippen LogP contribution >= 0.6 is 0 Å². The second-order valence-corrected chi connectivity index (χ2v) is 4.57. The minimum atomic E-state index is -0.351. The number of methoxy groups -OCH3 is 1. The van der Waals surface area contributed by atoms with Crippen LogP contribution in [0.15, 0.2) is 4.79 Å². The second-order valence-electron chi connectivity index (χ2n) is 4.57. The van der Waals surface area contributed by atoms with E-state index in [4.69, 9.17) is 4.74 Å². The van der Waals surface area contributed by atoms with Gasteiger partial charge in [0.2, 0.25) is 0 Å². The molecule has 1 aliphatic heterocycles. The quantitative estimate of drug-likeness (QED) is 0.768. The van der Waals surface area contributed by atoms with E-state index in [1.54, 1.807) is 4.90 Å². The molecule has 1 aliphatic rings. The minimum absolute atomic E-state index is 0.0878. The Hall–Kier alpha value is -1.72. The van der Waals surface area contributed by atoms with E-state index in [1.165, 1.54) is 7.11 Å². The molecule has 0 aromatic carbocycles. The number of rotatable bonds is 1. The number of carbonyl (C=O) groups excluding carboxylic acids is 1. The lowest BCUT2D eigenvalue weighted by molar-refractivity contribution is 0.0863. The van der Waals surface area contributed by atoms with E-state index in [-0.39, 0.29) is 23.6 Å². The molecule has 6 nitrogen and oxygen atoms in total. The number of H-pyrrole nitrogens is 2. The van der Waals surface area contributed by atoms with Crippen molar-refractivity contribution in [3.63, 3.8) is 0 Å². The summed E-state index contributed by atoms with van der Waals surface area (Å²) in [6, 6.07) is -0.134. The van der Waals surface area contributed by atoms with Crippen molar-refractivity contribution in [1.82, 2.24) is 15.1 Å². The zero-order chi connectivity index (χ0) is 12.6. The van der Waals surface area contributed by atoms with Crippen LogP contribution in [0.3, 0.4) is 0 Å². The van der Waals surface area contributed by atoms with E-state index in [1.807, 2.05) is 13.8 Å². The van der Waals surface area contributed by atoms with Crippen molar-refractivity contribution in [3.8, 4) is 0 Å². The summed E-state index contributed by atoms with van der Waals surface area (Å²) < 4.78 is 4.78. The lowest BCUT2D eigenvalue weighted by Crippen LogP contribution is -2.42. The molecule has 1 amide bonds. The Balaban J connectivity index is 2.43. The summed E-state index contributed by atoms with van der Waals surface area (Å²) in [4.78, 5) is 24.9. The maximum Gasteiger partial charge on any atom is 0.410 e. The lowest BCUT2D eigenvalue weighted by Gasteiger charge is -2.36. The molecule has 0 saturated carbocycles. The fourth-order valence-corrected chi connectivity index (χ4v) is 2.44. The van der Waals surface area contributed by atoms with Crippen molar-refractivity contribution < 1.29 is 9.53 Å². The number of amides is 1. The van der Waals surface area contributed by atoms with Crippen molar-refractivity contribution in [2.24, 2.45) is 5.92 Å². The van der Waals surface area contributed by atoms with Gasteiger partial charge in [0.15, 0.2) is 0 Å². The summed E-state index contributed by atoms with van der Waals surface area (Å²) in [6.45, 7) is 4.55. The third-order valence-corrected chi connectivity index (χ3v) is 3.18. The van der Waals surface area contributed by atoms with E-state index in [0.29, 0.717) is 13.0 Å². The molecule has 0 radical (unpaired) electrons. The summed E-state index contributed by atoms with van der Waals surface area (Å²) in [5, 5.41) is 5.46. The molecule has 2 heterocycles. The fraction of sp³-hybridized carbons (Fsp3) is 0.636. The SMILES string of the molecule is COC(=O)N1CCc2c([nH][nH]c2=O)C1C(C)C. The van der Waals surface area contributed by atoms with Crippen LogP contribution in [0.1, 0.15) is 31.1 Å². The van der Waals surface area contributed by atoms with Crippen LogP contribution < -0.4 is 5.56 Å². The molecule has 1 unspecified atom stereocenters. The van der Waals surface area contributed by atoms with Gasteiger partial charge in [0, 0.05) is 12.1 Å². The highest BCUT2D eigenvalue weighted by molar-refractivity contribution is 5.68. The van der Waals surface area contributed by atoms with Crippen LogP contribution in [-0.2, 0) is 11.2 Å². The predicted octanol–water partition coefficient (Wildman–Crippen LogP) is 1.02. The smallest absolute Gasteiger partial charge is 0.410 e. The number of carbonyl (C=O) groups is 1. The second kappa shape index (κ2) is 4.27. The maximum atomic E-state index is 11.7. The summed E-state index contributed by atoms with van der Waals surface area (Å²) in [7, 11) is 1.37. The Kier molecular flexibility index (Phi) is 2.95. The van der Waals surface area contributed by atoms with Crippen LogP contribution in [0.4, 0.5) is 4.79 Å². The molecule has 2 N–H and O–H groups in total. The summed E-state index contributed by atoms with van der Waals surface area (Å²) in [5.41, 5.74) is 1.47. The topological polar surface area (TPSA) is 78.2 Å². The highest BCUT2D eigenvalue weighted by Gasteiger charge is 2.35. The number of hydrogen-bond acceptors (Lipinski definition) is 3. The number of hydrogen-bond donors (Lipinski definition) is 2. The molecular weight excluding hydrogens is 222 g/mol. The van der Waals surface area contributed by atoms with E-state index < -0.39 is 0 Å². The number of fused-ring (bicyclic) bond motifs is 1. The standard InChI is InChI=1S/C11H17N3O3/c1-6(2)9-8-7(10(15)13-12-8)4-5-14(9)11(16)17-3/h6,9H,4-5H2,1-3H3,(H2,12,13,15). The van der Waals surface area contributed by atoms with Crippen molar-refractivity contribution in [2.45, 2.75) is 26.3 Å². The first-order valence-corrected chi connectivity index (χ1v) is 5.70. The molecule has 0 saturated heterocycles. The Morgan fingerprint density at radius 3 is 2.76 bits per heavy atom. The summed E-state index contributed by atoms with van der Waals surface area (Å²) >= 11 is 0. The third kappa shape index (κ3) is 1.83. The normalized spacial score (nSPS) is 19.3. The van der Waals surface area contributed by atoms with Gasteiger partial charge in [-0.25, -0.2) is 4.79 Å². The van der Waals surface area contributed by atoms with Gasteiger partial charge in [-0.3, -0.25) is 19.9 Å². The van der Waals surface area contributed by atoms with E-state index >= 15 is 0 Å². The van der Waals surface area contributed by atoms with Crippen molar-refractivity contribution in [3.05, 3.63) is 21.6 Å². The van der Waals surface area contributed by atoms with Crippen LogP contribution in [0, 0.1) is 5.92 Å². The molecule has 0 fully saturated rings. The van der Waals surface area contributed by atoms with Gasteiger partial charge < -0.3 is 4.74 Å². The maximum absolute atomic E-state index is 11.7. The molecule has 0 aliphatic carbocycles. The molecule has 0 bridgehead atoms. The fourth-order valence-electron chi connectivity index (χ4n) is 2.44. The van der Waals surface area contributed by atoms with Crippen LogP contribution in [0.5, 0.6) is 0 Å². The highest BCUT2D eigenvalue weighted by atomic mass is 16.5. The van der Waals surface area contributed by atoms with Gasteiger partial charge in [0.1, 0.15) is 0 Å². The van der Waals surface area contributed by atoms with Crippen molar-refractivity contribution in [2.75, 3.05) is 13.7 Å². The van der Waals surface area contributed by atoms with Gasteiger partial charge in [-0.05, 0) is 12.3 Å². The highest BCUT2D eigenvalue weighted by Crippen LogP contribution is 2.32. The monoisotopic (exact) mass is 239 g/mol. The van der Waals surface area contributed by atoms with Gasteiger partial charge in [0.25, 0.3) is 5.56 Å². The third-order valence-electron chi connectivity index (χ3n) is 3.18.